The second-order valence-electron chi connectivity index (χ2n) is 5.75. The fourth-order valence-electron chi connectivity index (χ4n) is 1.94. The molecule has 0 aromatic carbocycles. The first-order valence-corrected chi connectivity index (χ1v) is 7.36. The van der Waals surface area contributed by atoms with Crippen LogP contribution in [-0.2, 0) is 19.8 Å². The molecule has 1 aliphatic heterocycles. The average Bonchev–Trinajstić information content (AvgIpc) is 2.68. The van der Waals surface area contributed by atoms with E-state index in [1.807, 2.05) is 27.7 Å². The Balaban J connectivity index is 2.22. The summed E-state index contributed by atoms with van der Waals surface area (Å²) in [4.78, 5) is 12.2. The zero-order chi connectivity index (χ0) is 14.9. The SMILES string of the molecule is Cc1nn(C(C)(C)C)c(NC(=O)C2COCCO2)c1Br. The van der Waals surface area contributed by atoms with Gasteiger partial charge in [-0.15, -0.1) is 0 Å². The number of carbonyl (C=O) groups is 1. The molecule has 2 rings (SSSR count). The first-order valence-electron chi connectivity index (χ1n) is 6.56. The van der Waals surface area contributed by atoms with Crippen LogP contribution in [0.15, 0.2) is 4.47 Å². The molecule has 7 heteroatoms. The van der Waals surface area contributed by atoms with Gasteiger partial charge in [0.15, 0.2) is 6.10 Å². The van der Waals surface area contributed by atoms with Gasteiger partial charge in [0, 0.05) is 0 Å². The lowest BCUT2D eigenvalue weighted by Gasteiger charge is -2.25. The van der Waals surface area contributed by atoms with Crippen LogP contribution in [0.4, 0.5) is 5.82 Å². The Bertz CT molecular complexity index is 502. The highest BCUT2D eigenvalue weighted by molar-refractivity contribution is 9.10. The summed E-state index contributed by atoms with van der Waals surface area (Å²) in [7, 11) is 0. The number of carbonyl (C=O) groups excluding carboxylic acids is 1. The molecule has 20 heavy (non-hydrogen) atoms. The van der Waals surface area contributed by atoms with E-state index in [0.29, 0.717) is 19.0 Å². The Morgan fingerprint density at radius 1 is 1.45 bits per heavy atom. The zero-order valence-corrected chi connectivity index (χ0v) is 13.8. The van der Waals surface area contributed by atoms with Crippen LogP contribution in [0, 0.1) is 6.92 Å². The average molecular weight is 346 g/mol. The Morgan fingerprint density at radius 2 is 2.15 bits per heavy atom. The molecule has 1 saturated heterocycles. The topological polar surface area (TPSA) is 65.4 Å². The normalized spacial score (nSPS) is 19.9. The van der Waals surface area contributed by atoms with Gasteiger partial charge in [-0.1, -0.05) is 0 Å². The number of hydrogen-bond acceptors (Lipinski definition) is 4. The van der Waals surface area contributed by atoms with Crippen LogP contribution in [0.25, 0.3) is 0 Å². The summed E-state index contributed by atoms with van der Waals surface area (Å²) in [6, 6.07) is 0. The molecule has 112 valence electrons. The molecule has 1 fully saturated rings. The van der Waals surface area contributed by atoms with Crippen LogP contribution in [-0.4, -0.2) is 41.6 Å². The molecule has 1 atom stereocenters. The maximum absolute atomic E-state index is 12.2. The largest absolute Gasteiger partial charge is 0.376 e. The molecule has 1 N–H and O–H groups in total. The molecule has 1 aromatic heterocycles. The van der Waals surface area contributed by atoms with Crippen molar-refractivity contribution in [1.29, 1.82) is 0 Å². The van der Waals surface area contributed by atoms with E-state index in [4.69, 9.17) is 9.47 Å². The van der Waals surface area contributed by atoms with E-state index in [2.05, 4.69) is 26.3 Å². The van der Waals surface area contributed by atoms with Crippen molar-refractivity contribution < 1.29 is 14.3 Å². The Labute approximate surface area is 126 Å². The zero-order valence-electron chi connectivity index (χ0n) is 12.2. The number of nitrogens with zero attached hydrogens (tertiary/aromatic N) is 2. The van der Waals surface area contributed by atoms with Crippen molar-refractivity contribution in [3.63, 3.8) is 0 Å². The van der Waals surface area contributed by atoms with Gasteiger partial charge in [-0.25, -0.2) is 4.68 Å². The second kappa shape index (κ2) is 5.83. The van der Waals surface area contributed by atoms with Gasteiger partial charge in [0.1, 0.15) is 5.82 Å². The highest BCUT2D eigenvalue weighted by Crippen LogP contribution is 2.31. The minimum Gasteiger partial charge on any atom is -0.376 e. The van der Waals surface area contributed by atoms with Crippen molar-refractivity contribution >= 4 is 27.7 Å². The number of nitrogens with one attached hydrogen (secondary N) is 1. The van der Waals surface area contributed by atoms with E-state index in [9.17, 15) is 4.79 Å². The monoisotopic (exact) mass is 345 g/mol. The summed E-state index contributed by atoms with van der Waals surface area (Å²) in [6.07, 6.45) is -0.570. The van der Waals surface area contributed by atoms with Crippen LogP contribution in [0.2, 0.25) is 0 Å². The fraction of sp³-hybridized carbons (Fsp3) is 0.692. The van der Waals surface area contributed by atoms with Crippen LogP contribution in [0.1, 0.15) is 26.5 Å². The van der Waals surface area contributed by atoms with Crippen molar-refractivity contribution in [1.82, 2.24) is 9.78 Å². The number of aromatic nitrogens is 2. The standard InChI is InChI=1S/C13H20BrN3O3/c1-8-10(14)11(17(16-8)13(2,3)4)15-12(18)9-7-19-5-6-20-9/h9H,5-7H2,1-4H3,(H,15,18). The summed E-state index contributed by atoms with van der Waals surface area (Å²) in [6.45, 7) is 9.24. The Kier molecular flexibility index (Phi) is 4.51. The third-order valence-corrected chi connectivity index (χ3v) is 3.92. The van der Waals surface area contributed by atoms with E-state index in [1.54, 1.807) is 4.68 Å². The maximum atomic E-state index is 12.2. The highest BCUT2D eigenvalue weighted by atomic mass is 79.9. The number of amides is 1. The van der Waals surface area contributed by atoms with Crippen molar-refractivity contribution in [2.45, 2.75) is 39.3 Å². The molecule has 1 aromatic rings. The molecular weight excluding hydrogens is 326 g/mol. The van der Waals surface area contributed by atoms with Crippen LogP contribution < -0.4 is 5.32 Å². The quantitative estimate of drug-likeness (QED) is 0.890. The van der Waals surface area contributed by atoms with Crippen molar-refractivity contribution in [3.8, 4) is 0 Å². The third-order valence-electron chi connectivity index (χ3n) is 2.97. The molecule has 0 saturated carbocycles. The van der Waals surface area contributed by atoms with Gasteiger partial charge in [0.25, 0.3) is 5.91 Å². The molecule has 1 aliphatic rings. The van der Waals surface area contributed by atoms with E-state index < -0.39 is 6.10 Å². The Morgan fingerprint density at radius 3 is 2.70 bits per heavy atom. The first kappa shape index (κ1) is 15.5. The lowest BCUT2D eigenvalue weighted by Crippen LogP contribution is -2.40. The van der Waals surface area contributed by atoms with Gasteiger partial charge in [-0.3, -0.25) is 4.79 Å². The first-order chi connectivity index (χ1) is 9.30. The van der Waals surface area contributed by atoms with Crippen molar-refractivity contribution in [3.05, 3.63) is 10.2 Å². The summed E-state index contributed by atoms with van der Waals surface area (Å²) < 4.78 is 13.2. The molecule has 0 spiro atoms. The minimum atomic E-state index is -0.570. The predicted molar refractivity (Wildman–Crippen MR) is 78.8 cm³/mol. The van der Waals surface area contributed by atoms with Gasteiger partial charge in [0.2, 0.25) is 0 Å². The number of rotatable bonds is 2. The third kappa shape index (κ3) is 3.21. The Hall–Kier alpha value is -0.920. The van der Waals surface area contributed by atoms with Crippen molar-refractivity contribution in [2.75, 3.05) is 25.1 Å². The fourth-order valence-corrected chi connectivity index (χ4v) is 2.28. The molecule has 2 heterocycles. The van der Waals surface area contributed by atoms with Crippen molar-refractivity contribution in [2.24, 2.45) is 0 Å². The molecule has 0 bridgehead atoms. The maximum Gasteiger partial charge on any atom is 0.257 e. The van der Waals surface area contributed by atoms with E-state index >= 15 is 0 Å². The molecule has 0 radical (unpaired) electrons. The van der Waals surface area contributed by atoms with Gasteiger partial charge < -0.3 is 14.8 Å². The van der Waals surface area contributed by atoms with Crippen LogP contribution >= 0.6 is 15.9 Å². The summed E-state index contributed by atoms with van der Waals surface area (Å²) >= 11 is 3.48. The summed E-state index contributed by atoms with van der Waals surface area (Å²) in [5.74, 6) is 0.435. The molecule has 6 nitrogen and oxygen atoms in total. The minimum absolute atomic E-state index is 0.212. The van der Waals surface area contributed by atoms with Gasteiger partial charge >= 0.3 is 0 Å². The van der Waals surface area contributed by atoms with Gasteiger partial charge in [-0.05, 0) is 43.6 Å². The van der Waals surface area contributed by atoms with E-state index in [-0.39, 0.29) is 18.1 Å². The predicted octanol–water partition coefficient (Wildman–Crippen LogP) is 2.06. The second-order valence-corrected chi connectivity index (χ2v) is 6.55. The molecule has 1 unspecified atom stereocenters. The van der Waals surface area contributed by atoms with E-state index in [1.165, 1.54) is 0 Å². The van der Waals surface area contributed by atoms with Gasteiger partial charge in [-0.2, -0.15) is 5.10 Å². The number of aryl methyl sites for hydroxylation is 1. The van der Waals surface area contributed by atoms with E-state index in [0.717, 1.165) is 10.2 Å². The lowest BCUT2D eigenvalue weighted by molar-refractivity contribution is -0.142. The highest BCUT2D eigenvalue weighted by Gasteiger charge is 2.28. The van der Waals surface area contributed by atoms with Gasteiger partial charge in [0.05, 0.1) is 35.5 Å². The van der Waals surface area contributed by atoms with Crippen LogP contribution in [0.3, 0.4) is 0 Å². The number of anilines is 1. The molecule has 0 aliphatic carbocycles. The lowest BCUT2D eigenvalue weighted by atomic mass is 10.1. The number of ether oxygens (including phenoxy) is 2. The summed E-state index contributed by atoms with van der Waals surface area (Å²) in [5, 5.41) is 7.35. The number of halogens is 1. The smallest absolute Gasteiger partial charge is 0.257 e. The number of hydrogen-bond donors (Lipinski definition) is 1. The summed E-state index contributed by atoms with van der Waals surface area (Å²) in [5.41, 5.74) is 0.597. The molecular formula is C13H20BrN3O3. The molecule has 1 amide bonds. The van der Waals surface area contributed by atoms with Crippen LogP contribution in [0.5, 0.6) is 0 Å².